The molecule has 0 radical (unpaired) electrons. The third-order valence-corrected chi connectivity index (χ3v) is 2.64. The monoisotopic (exact) mass is 181 g/mol. The highest BCUT2D eigenvalue weighted by Gasteiger charge is 2.25. The lowest BCUT2D eigenvalue weighted by atomic mass is 9.88. The van der Waals surface area contributed by atoms with Crippen LogP contribution in [0.4, 0.5) is 0 Å². The summed E-state index contributed by atoms with van der Waals surface area (Å²) in [6.07, 6.45) is 4.99. The van der Waals surface area contributed by atoms with E-state index in [2.05, 4.69) is 20.4 Å². The van der Waals surface area contributed by atoms with Gasteiger partial charge in [-0.05, 0) is 24.3 Å². The fraction of sp³-hybridized carbons (Fsp3) is 0.727. The van der Waals surface area contributed by atoms with Gasteiger partial charge in [0.25, 0.3) is 0 Å². The minimum absolute atomic E-state index is 0.0787. The van der Waals surface area contributed by atoms with Gasteiger partial charge < -0.3 is 4.90 Å². The second kappa shape index (κ2) is 3.95. The van der Waals surface area contributed by atoms with Gasteiger partial charge in [0, 0.05) is 13.1 Å². The van der Waals surface area contributed by atoms with E-state index >= 15 is 0 Å². The highest BCUT2D eigenvalue weighted by molar-refractivity contribution is 5.87. The maximum Gasteiger partial charge on any atom is 0.245 e. The number of hydrogen-bond donors (Lipinski definition) is 0. The predicted octanol–water partition coefficient (Wildman–Crippen LogP) is 2.21. The Hall–Kier alpha value is -0.790. The van der Waals surface area contributed by atoms with E-state index in [9.17, 15) is 4.79 Å². The van der Waals surface area contributed by atoms with E-state index in [-0.39, 0.29) is 11.3 Å². The summed E-state index contributed by atoms with van der Waals surface area (Å²) in [4.78, 5) is 13.3. The first-order chi connectivity index (χ1) is 6.05. The third-order valence-electron chi connectivity index (χ3n) is 2.64. The van der Waals surface area contributed by atoms with E-state index in [1.807, 2.05) is 4.90 Å². The zero-order chi connectivity index (χ0) is 9.90. The van der Waals surface area contributed by atoms with Crippen molar-refractivity contribution in [1.29, 1.82) is 0 Å². The maximum absolute atomic E-state index is 11.4. The summed E-state index contributed by atoms with van der Waals surface area (Å²) in [5, 5.41) is 0. The van der Waals surface area contributed by atoms with Gasteiger partial charge >= 0.3 is 0 Å². The summed E-state index contributed by atoms with van der Waals surface area (Å²) >= 11 is 0. The van der Waals surface area contributed by atoms with E-state index in [0.29, 0.717) is 0 Å². The van der Waals surface area contributed by atoms with Gasteiger partial charge in [-0.2, -0.15) is 0 Å². The minimum Gasteiger partial charge on any atom is -0.339 e. The Morgan fingerprint density at radius 2 is 2.15 bits per heavy atom. The lowest BCUT2D eigenvalue weighted by Gasteiger charge is -2.28. The van der Waals surface area contributed by atoms with E-state index in [0.717, 1.165) is 19.5 Å². The summed E-state index contributed by atoms with van der Waals surface area (Å²) in [5.41, 5.74) is 0.273. The minimum atomic E-state index is 0.0787. The van der Waals surface area contributed by atoms with Gasteiger partial charge in [0.05, 0.1) is 0 Å². The molecule has 1 fully saturated rings. The third kappa shape index (κ3) is 2.87. The Labute approximate surface area is 80.6 Å². The van der Waals surface area contributed by atoms with Gasteiger partial charge in [0.1, 0.15) is 0 Å². The zero-order valence-corrected chi connectivity index (χ0v) is 8.68. The van der Waals surface area contributed by atoms with Crippen molar-refractivity contribution in [3.8, 4) is 0 Å². The number of carbonyl (C=O) groups excluding carboxylic acids is 1. The molecule has 0 atom stereocenters. The molecular weight excluding hydrogens is 162 g/mol. The molecule has 0 saturated carbocycles. The van der Waals surface area contributed by atoms with Gasteiger partial charge in [-0.1, -0.05) is 26.8 Å². The molecule has 74 valence electrons. The average Bonchev–Trinajstić information content (AvgIpc) is 2.25. The van der Waals surface area contributed by atoms with Crippen molar-refractivity contribution < 1.29 is 4.79 Å². The summed E-state index contributed by atoms with van der Waals surface area (Å²) in [6.45, 7) is 9.74. The first-order valence-electron chi connectivity index (χ1n) is 4.96. The summed E-state index contributed by atoms with van der Waals surface area (Å²) in [6, 6.07) is 0. The Bertz CT molecular complexity index is 208. The van der Waals surface area contributed by atoms with Crippen LogP contribution in [-0.2, 0) is 4.79 Å². The van der Waals surface area contributed by atoms with Gasteiger partial charge in [0.15, 0.2) is 0 Å². The van der Waals surface area contributed by atoms with E-state index < -0.39 is 0 Å². The first-order valence-corrected chi connectivity index (χ1v) is 4.96. The van der Waals surface area contributed by atoms with Gasteiger partial charge in [-0.15, -0.1) is 0 Å². The summed E-state index contributed by atoms with van der Waals surface area (Å²) in [5.74, 6) is 0.0787. The molecule has 0 unspecified atom stereocenters. The van der Waals surface area contributed by atoms with Crippen molar-refractivity contribution >= 4 is 5.91 Å². The van der Waals surface area contributed by atoms with Crippen molar-refractivity contribution in [3.63, 3.8) is 0 Å². The van der Waals surface area contributed by atoms with Crippen LogP contribution in [-0.4, -0.2) is 23.9 Å². The topological polar surface area (TPSA) is 20.3 Å². The number of rotatable bonds is 1. The number of amides is 1. The van der Waals surface area contributed by atoms with Crippen LogP contribution in [0.25, 0.3) is 0 Å². The quantitative estimate of drug-likeness (QED) is 0.568. The van der Waals surface area contributed by atoms with Gasteiger partial charge in [-0.25, -0.2) is 0 Å². The van der Waals surface area contributed by atoms with Gasteiger partial charge in [0.2, 0.25) is 5.91 Å². The zero-order valence-electron chi connectivity index (χ0n) is 8.68. The normalized spacial score (nSPS) is 22.2. The van der Waals surface area contributed by atoms with E-state index in [1.54, 1.807) is 0 Å². The second-order valence-corrected chi connectivity index (χ2v) is 4.59. The highest BCUT2D eigenvalue weighted by atomic mass is 16.2. The molecule has 0 aromatic heterocycles. The lowest BCUT2D eigenvalue weighted by molar-refractivity contribution is -0.127. The Kier molecular flexibility index (Phi) is 3.12. The molecule has 0 aromatic rings. The fourth-order valence-electron chi connectivity index (χ4n) is 1.90. The summed E-state index contributed by atoms with van der Waals surface area (Å²) < 4.78 is 0. The van der Waals surface area contributed by atoms with Crippen LogP contribution in [0.15, 0.2) is 12.7 Å². The SMILES string of the molecule is C=CC(=O)N1CCCCC(C)(C)C1. The molecule has 13 heavy (non-hydrogen) atoms. The first kappa shape index (κ1) is 10.3. The molecule has 0 N–H and O–H groups in total. The fourth-order valence-corrected chi connectivity index (χ4v) is 1.90. The van der Waals surface area contributed by atoms with E-state index in [4.69, 9.17) is 0 Å². The molecule has 0 bridgehead atoms. The molecule has 1 amide bonds. The average molecular weight is 181 g/mol. The van der Waals surface area contributed by atoms with Crippen LogP contribution in [0.1, 0.15) is 33.1 Å². The van der Waals surface area contributed by atoms with Crippen molar-refractivity contribution in [2.45, 2.75) is 33.1 Å². The molecule has 0 aromatic carbocycles. The molecule has 1 rings (SSSR count). The molecule has 1 aliphatic heterocycles. The number of nitrogens with zero attached hydrogens (tertiary/aromatic N) is 1. The van der Waals surface area contributed by atoms with Crippen LogP contribution in [0.2, 0.25) is 0 Å². The van der Waals surface area contributed by atoms with Crippen LogP contribution >= 0.6 is 0 Å². The molecule has 1 saturated heterocycles. The van der Waals surface area contributed by atoms with Crippen LogP contribution in [0.3, 0.4) is 0 Å². The molecule has 1 heterocycles. The Morgan fingerprint density at radius 1 is 1.46 bits per heavy atom. The number of carbonyl (C=O) groups is 1. The van der Waals surface area contributed by atoms with Crippen molar-refractivity contribution in [3.05, 3.63) is 12.7 Å². The molecule has 2 heteroatoms. The van der Waals surface area contributed by atoms with Gasteiger partial charge in [-0.3, -0.25) is 4.79 Å². The van der Waals surface area contributed by atoms with Crippen molar-refractivity contribution in [1.82, 2.24) is 4.90 Å². The Balaban J connectivity index is 2.64. The maximum atomic E-state index is 11.4. The van der Waals surface area contributed by atoms with Crippen molar-refractivity contribution in [2.75, 3.05) is 13.1 Å². The predicted molar refractivity (Wildman–Crippen MR) is 54.4 cm³/mol. The standard InChI is InChI=1S/C11H19NO/c1-4-10(13)12-8-6-5-7-11(2,3)9-12/h4H,1,5-9H2,2-3H3. The largest absolute Gasteiger partial charge is 0.339 e. The van der Waals surface area contributed by atoms with Crippen LogP contribution in [0, 0.1) is 5.41 Å². The smallest absolute Gasteiger partial charge is 0.245 e. The van der Waals surface area contributed by atoms with E-state index in [1.165, 1.54) is 18.9 Å². The molecule has 0 spiro atoms. The number of likely N-dealkylation sites (tertiary alicyclic amines) is 1. The molecule has 0 aliphatic carbocycles. The van der Waals surface area contributed by atoms with Crippen molar-refractivity contribution in [2.24, 2.45) is 5.41 Å². The lowest BCUT2D eigenvalue weighted by Crippen LogP contribution is -2.36. The molecule has 2 nitrogen and oxygen atoms in total. The Morgan fingerprint density at radius 3 is 2.77 bits per heavy atom. The van der Waals surface area contributed by atoms with Crippen LogP contribution < -0.4 is 0 Å². The molecule has 1 aliphatic rings. The summed E-state index contributed by atoms with van der Waals surface area (Å²) in [7, 11) is 0. The molecular formula is C11H19NO. The number of hydrogen-bond acceptors (Lipinski definition) is 1. The second-order valence-electron chi connectivity index (χ2n) is 4.59. The van der Waals surface area contributed by atoms with Crippen LogP contribution in [0.5, 0.6) is 0 Å². The highest BCUT2D eigenvalue weighted by Crippen LogP contribution is 2.27.